The van der Waals surface area contributed by atoms with Crippen molar-refractivity contribution in [2.75, 3.05) is 13.1 Å². The summed E-state index contributed by atoms with van der Waals surface area (Å²) in [6.45, 7) is 6.75. The van der Waals surface area contributed by atoms with Gasteiger partial charge in [-0.1, -0.05) is 36.4 Å². The summed E-state index contributed by atoms with van der Waals surface area (Å²) >= 11 is 0. The molecular formula is C20H23N3O2. The zero-order valence-electron chi connectivity index (χ0n) is 14.9. The first-order valence-corrected chi connectivity index (χ1v) is 8.48. The van der Waals surface area contributed by atoms with Gasteiger partial charge < -0.3 is 9.64 Å². The van der Waals surface area contributed by atoms with E-state index < -0.39 is 5.60 Å². The minimum Gasteiger partial charge on any atom is -0.444 e. The molecule has 0 saturated heterocycles. The molecule has 0 atom stereocenters. The zero-order valence-corrected chi connectivity index (χ0v) is 14.9. The van der Waals surface area contributed by atoms with Crippen LogP contribution in [0.3, 0.4) is 0 Å². The van der Waals surface area contributed by atoms with Crippen LogP contribution in [0.15, 0.2) is 48.7 Å². The second-order valence-electron chi connectivity index (χ2n) is 7.04. The van der Waals surface area contributed by atoms with Gasteiger partial charge >= 0.3 is 6.09 Å². The summed E-state index contributed by atoms with van der Waals surface area (Å²) in [7, 11) is 0. The van der Waals surface area contributed by atoms with Crippen LogP contribution in [-0.4, -0.2) is 39.7 Å². The molecule has 0 aliphatic carbocycles. The van der Waals surface area contributed by atoms with Crippen molar-refractivity contribution in [3.63, 3.8) is 0 Å². The second-order valence-corrected chi connectivity index (χ2v) is 7.04. The van der Waals surface area contributed by atoms with Crippen LogP contribution in [0.25, 0.3) is 16.8 Å². The van der Waals surface area contributed by atoms with E-state index in [1.54, 1.807) is 11.1 Å². The van der Waals surface area contributed by atoms with Gasteiger partial charge in [0.25, 0.3) is 0 Å². The average Bonchev–Trinajstić information content (AvgIpc) is 2.61. The summed E-state index contributed by atoms with van der Waals surface area (Å²) in [5, 5.41) is 0. The van der Waals surface area contributed by atoms with Gasteiger partial charge in [-0.3, -0.25) is 0 Å². The van der Waals surface area contributed by atoms with E-state index in [-0.39, 0.29) is 6.09 Å². The Bertz CT molecular complexity index is 779. The van der Waals surface area contributed by atoms with Gasteiger partial charge in [0.1, 0.15) is 5.60 Å². The fraction of sp³-hybridized carbons (Fsp3) is 0.350. The number of carbonyl (C=O) groups excluding carboxylic acids is 1. The van der Waals surface area contributed by atoms with E-state index in [0.29, 0.717) is 13.1 Å². The van der Waals surface area contributed by atoms with Crippen molar-refractivity contribution in [1.29, 1.82) is 0 Å². The van der Waals surface area contributed by atoms with Crippen LogP contribution < -0.4 is 0 Å². The van der Waals surface area contributed by atoms with Gasteiger partial charge in [-0.05, 0) is 38.8 Å². The molecule has 0 saturated carbocycles. The van der Waals surface area contributed by atoms with Gasteiger partial charge in [0.05, 0.1) is 5.69 Å². The number of amides is 1. The van der Waals surface area contributed by atoms with E-state index in [1.807, 2.05) is 63.2 Å². The molecule has 3 rings (SSSR count). The van der Waals surface area contributed by atoms with E-state index in [9.17, 15) is 4.79 Å². The first-order chi connectivity index (χ1) is 11.9. The summed E-state index contributed by atoms with van der Waals surface area (Å²) in [4.78, 5) is 22.9. The third-order valence-corrected chi connectivity index (χ3v) is 3.87. The molecule has 1 aromatic carbocycles. The molecule has 2 aromatic rings. The van der Waals surface area contributed by atoms with Crippen molar-refractivity contribution in [2.24, 2.45) is 0 Å². The van der Waals surface area contributed by atoms with Crippen molar-refractivity contribution in [1.82, 2.24) is 14.9 Å². The zero-order chi connectivity index (χ0) is 17.9. The van der Waals surface area contributed by atoms with Crippen LogP contribution >= 0.6 is 0 Å². The normalized spacial score (nSPS) is 14.8. The number of benzene rings is 1. The lowest BCUT2D eigenvalue weighted by Gasteiger charge is -2.29. The maximum absolute atomic E-state index is 12.1. The van der Waals surface area contributed by atoms with Crippen molar-refractivity contribution < 1.29 is 9.53 Å². The number of carbonyl (C=O) groups is 1. The molecule has 25 heavy (non-hydrogen) atoms. The lowest BCUT2D eigenvalue weighted by molar-refractivity contribution is 0.0270. The molecule has 0 spiro atoms. The smallest absolute Gasteiger partial charge is 0.410 e. The van der Waals surface area contributed by atoms with Gasteiger partial charge in [-0.15, -0.1) is 0 Å². The highest BCUT2D eigenvalue weighted by molar-refractivity contribution is 5.71. The molecule has 1 aliphatic rings. The first kappa shape index (κ1) is 17.1. The highest BCUT2D eigenvalue weighted by Gasteiger charge is 2.24. The topological polar surface area (TPSA) is 55.3 Å². The van der Waals surface area contributed by atoms with Crippen molar-refractivity contribution in [2.45, 2.75) is 32.8 Å². The Morgan fingerprint density at radius 2 is 1.92 bits per heavy atom. The molecule has 1 aromatic heterocycles. The highest BCUT2D eigenvalue weighted by atomic mass is 16.6. The Morgan fingerprint density at radius 3 is 2.56 bits per heavy atom. The Morgan fingerprint density at radius 1 is 1.16 bits per heavy atom. The molecule has 0 unspecified atom stereocenters. The number of nitrogens with zero attached hydrogens (tertiary/aromatic N) is 3. The minimum absolute atomic E-state index is 0.276. The standard InChI is InChI=1S/C20H23N3O2/c1-20(2,3)25-19(24)23-13-10-16(11-14-23)18-21-12-9-17(22-18)15-7-5-4-6-8-15/h4-10,12H,11,13-14H2,1-3H3. The maximum atomic E-state index is 12.1. The van der Waals surface area contributed by atoms with Gasteiger partial charge in [-0.2, -0.15) is 0 Å². The highest BCUT2D eigenvalue weighted by Crippen LogP contribution is 2.23. The number of ether oxygens (including phenoxy) is 1. The van der Waals surface area contributed by atoms with Gasteiger partial charge in [0.2, 0.25) is 0 Å². The quantitative estimate of drug-likeness (QED) is 0.825. The number of hydrogen-bond donors (Lipinski definition) is 0. The first-order valence-electron chi connectivity index (χ1n) is 8.48. The molecular weight excluding hydrogens is 314 g/mol. The maximum Gasteiger partial charge on any atom is 0.410 e. The molecule has 0 fully saturated rings. The monoisotopic (exact) mass is 337 g/mol. The Hall–Kier alpha value is -2.69. The summed E-state index contributed by atoms with van der Waals surface area (Å²) in [6, 6.07) is 12.0. The Kier molecular flexibility index (Phi) is 4.83. The average molecular weight is 337 g/mol. The second kappa shape index (κ2) is 7.05. The van der Waals surface area contributed by atoms with Crippen LogP contribution in [0.5, 0.6) is 0 Å². The van der Waals surface area contributed by atoms with E-state index in [1.165, 1.54) is 0 Å². The summed E-state index contributed by atoms with van der Waals surface area (Å²) in [5.74, 6) is 0.727. The SMILES string of the molecule is CC(C)(C)OC(=O)N1CC=C(c2nccc(-c3ccccc3)n2)CC1. The van der Waals surface area contributed by atoms with Gasteiger partial charge in [0, 0.05) is 24.8 Å². The van der Waals surface area contributed by atoms with Crippen molar-refractivity contribution >= 4 is 11.7 Å². The predicted molar refractivity (Wildman–Crippen MR) is 97.9 cm³/mol. The van der Waals surface area contributed by atoms with Crippen LogP contribution in [0.2, 0.25) is 0 Å². The lowest BCUT2D eigenvalue weighted by Crippen LogP contribution is -2.39. The third-order valence-electron chi connectivity index (χ3n) is 3.87. The Labute approximate surface area is 148 Å². The molecule has 0 bridgehead atoms. The largest absolute Gasteiger partial charge is 0.444 e. The molecule has 1 amide bonds. The molecule has 0 N–H and O–H groups in total. The molecule has 1 aliphatic heterocycles. The van der Waals surface area contributed by atoms with E-state index in [0.717, 1.165) is 29.1 Å². The minimum atomic E-state index is -0.478. The van der Waals surface area contributed by atoms with E-state index >= 15 is 0 Å². The van der Waals surface area contributed by atoms with Crippen LogP contribution in [0.1, 0.15) is 33.0 Å². The lowest BCUT2D eigenvalue weighted by atomic mass is 10.1. The molecule has 130 valence electrons. The molecule has 2 heterocycles. The van der Waals surface area contributed by atoms with E-state index in [4.69, 9.17) is 4.74 Å². The fourth-order valence-corrected chi connectivity index (χ4v) is 2.65. The van der Waals surface area contributed by atoms with E-state index in [2.05, 4.69) is 9.97 Å². The summed E-state index contributed by atoms with van der Waals surface area (Å²) in [6.07, 6.45) is 4.24. The Balaban J connectivity index is 1.73. The predicted octanol–water partition coefficient (Wildman–Crippen LogP) is 4.17. The molecule has 5 nitrogen and oxygen atoms in total. The summed E-state index contributed by atoms with van der Waals surface area (Å²) in [5.41, 5.74) is 2.56. The number of aromatic nitrogens is 2. The van der Waals surface area contributed by atoms with Crippen molar-refractivity contribution in [3.8, 4) is 11.3 Å². The van der Waals surface area contributed by atoms with Crippen LogP contribution in [0, 0.1) is 0 Å². The van der Waals surface area contributed by atoms with Gasteiger partial charge in [-0.25, -0.2) is 14.8 Å². The van der Waals surface area contributed by atoms with Crippen LogP contribution in [0.4, 0.5) is 4.79 Å². The fourth-order valence-electron chi connectivity index (χ4n) is 2.65. The number of rotatable bonds is 2. The molecule has 0 radical (unpaired) electrons. The van der Waals surface area contributed by atoms with Crippen molar-refractivity contribution in [3.05, 3.63) is 54.5 Å². The number of hydrogen-bond acceptors (Lipinski definition) is 4. The van der Waals surface area contributed by atoms with Crippen LogP contribution in [-0.2, 0) is 4.74 Å². The third kappa shape index (κ3) is 4.44. The summed E-state index contributed by atoms with van der Waals surface area (Å²) < 4.78 is 5.42. The van der Waals surface area contributed by atoms with Gasteiger partial charge in [0.15, 0.2) is 5.82 Å². The molecule has 5 heteroatoms.